The fourth-order valence-electron chi connectivity index (χ4n) is 1.94. The predicted molar refractivity (Wildman–Crippen MR) is 77.8 cm³/mol. The number of aromatic nitrogens is 2. The lowest BCUT2D eigenvalue weighted by Gasteiger charge is -2.16. The molecule has 4 N–H and O–H groups in total. The van der Waals surface area contributed by atoms with E-state index < -0.39 is 0 Å². The minimum atomic E-state index is -0.285. The number of aromatic amines is 1. The Bertz CT molecular complexity index is 604. The van der Waals surface area contributed by atoms with Crippen LogP contribution < -0.4 is 10.6 Å². The van der Waals surface area contributed by atoms with E-state index in [4.69, 9.17) is 5.73 Å². The zero-order valence-corrected chi connectivity index (χ0v) is 11.6. The van der Waals surface area contributed by atoms with E-state index in [-0.39, 0.29) is 17.4 Å². The maximum Gasteiger partial charge on any atom is 0.280 e. The number of nitrogens with one attached hydrogen (secondary N) is 1. The summed E-state index contributed by atoms with van der Waals surface area (Å²) in [5.41, 5.74) is 8.03. The molecule has 0 saturated heterocycles. The normalized spacial score (nSPS) is 10.5. The molecule has 2 rings (SSSR count). The number of carbonyl (C=O) groups excluding carboxylic acids is 1. The Hall–Kier alpha value is -2.50. The molecule has 6 nitrogen and oxygen atoms in total. The third-order valence-electron chi connectivity index (χ3n) is 3.13. The Morgan fingerprint density at radius 3 is 2.65 bits per heavy atom. The number of aryl methyl sites for hydroxylation is 1. The van der Waals surface area contributed by atoms with E-state index in [0.717, 1.165) is 18.5 Å². The number of H-pyrrole nitrogens is 1. The van der Waals surface area contributed by atoms with Gasteiger partial charge in [-0.3, -0.25) is 9.89 Å². The van der Waals surface area contributed by atoms with Gasteiger partial charge < -0.3 is 15.7 Å². The quantitative estimate of drug-likeness (QED) is 0.793. The van der Waals surface area contributed by atoms with Crippen molar-refractivity contribution < 1.29 is 9.90 Å². The van der Waals surface area contributed by atoms with E-state index in [0.29, 0.717) is 11.4 Å². The van der Waals surface area contributed by atoms with Gasteiger partial charge in [-0.2, -0.15) is 5.10 Å². The van der Waals surface area contributed by atoms with E-state index in [9.17, 15) is 9.90 Å². The molecule has 1 heterocycles. The topological polar surface area (TPSA) is 95.2 Å². The number of nitrogens with two attached hydrogens (primary N) is 1. The molecule has 0 bridgehead atoms. The van der Waals surface area contributed by atoms with Crippen LogP contribution in [0.25, 0.3) is 0 Å². The molecule has 0 unspecified atom stereocenters. The second-order valence-electron chi connectivity index (χ2n) is 4.60. The summed E-state index contributed by atoms with van der Waals surface area (Å²) in [6, 6.07) is 6.36. The molecule has 6 heteroatoms. The zero-order valence-electron chi connectivity index (χ0n) is 11.6. The first-order chi connectivity index (χ1) is 9.54. The number of benzene rings is 1. The van der Waals surface area contributed by atoms with Crippen molar-refractivity contribution in [3.05, 3.63) is 35.7 Å². The first kappa shape index (κ1) is 13.9. The second-order valence-corrected chi connectivity index (χ2v) is 4.60. The van der Waals surface area contributed by atoms with Crippen LogP contribution in [0.3, 0.4) is 0 Å². The lowest BCUT2D eigenvalue weighted by Crippen LogP contribution is -2.27. The molecule has 1 amide bonds. The van der Waals surface area contributed by atoms with Crippen molar-refractivity contribution in [2.45, 2.75) is 19.8 Å². The molecule has 0 radical (unpaired) electrons. The summed E-state index contributed by atoms with van der Waals surface area (Å²) in [7, 11) is 1.64. The summed E-state index contributed by atoms with van der Waals surface area (Å²) in [5, 5.41) is 16.1. The van der Waals surface area contributed by atoms with Crippen molar-refractivity contribution in [3.8, 4) is 5.75 Å². The van der Waals surface area contributed by atoms with E-state index in [1.807, 2.05) is 6.92 Å². The van der Waals surface area contributed by atoms with Crippen LogP contribution in [-0.4, -0.2) is 28.3 Å². The van der Waals surface area contributed by atoms with Crippen LogP contribution >= 0.6 is 0 Å². The summed E-state index contributed by atoms with van der Waals surface area (Å²) in [6.45, 7) is 2.03. The van der Waals surface area contributed by atoms with Gasteiger partial charge in [-0.1, -0.05) is 13.3 Å². The fourth-order valence-corrected chi connectivity index (χ4v) is 1.94. The molecule has 0 aliphatic rings. The average molecular weight is 274 g/mol. The van der Waals surface area contributed by atoms with Crippen molar-refractivity contribution in [2.75, 3.05) is 17.7 Å². The van der Waals surface area contributed by atoms with Gasteiger partial charge in [-0.05, 0) is 30.7 Å². The smallest absolute Gasteiger partial charge is 0.280 e. The molecule has 0 fully saturated rings. The maximum atomic E-state index is 12.4. The number of rotatable bonds is 4. The number of carbonyl (C=O) groups is 1. The van der Waals surface area contributed by atoms with Crippen LogP contribution in [0.4, 0.5) is 11.4 Å². The average Bonchev–Trinajstić information content (AvgIpc) is 2.80. The highest BCUT2D eigenvalue weighted by Gasteiger charge is 2.21. The lowest BCUT2D eigenvalue weighted by molar-refractivity contribution is 0.0989. The van der Waals surface area contributed by atoms with Gasteiger partial charge in [0, 0.05) is 12.7 Å². The Balaban J connectivity index is 2.24. The van der Waals surface area contributed by atoms with Gasteiger partial charge in [0.15, 0.2) is 5.69 Å². The minimum Gasteiger partial charge on any atom is -0.508 e. The first-order valence-corrected chi connectivity index (χ1v) is 6.44. The minimum absolute atomic E-state index is 0.152. The van der Waals surface area contributed by atoms with Crippen molar-refractivity contribution in [3.63, 3.8) is 0 Å². The number of phenols is 1. The molecule has 1 aromatic heterocycles. The lowest BCUT2D eigenvalue weighted by atomic mass is 10.2. The molecular weight excluding hydrogens is 256 g/mol. The highest BCUT2D eigenvalue weighted by atomic mass is 16.3. The van der Waals surface area contributed by atoms with E-state index in [2.05, 4.69) is 10.2 Å². The number of anilines is 2. The summed E-state index contributed by atoms with van der Waals surface area (Å²) in [4.78, 5) is 13.8. The van der Waals surface area contributed by atoms with E-state index in [1.54, 1.807) is 19.2 Å². The SMILES string of the molecule is CCCc1[nH]nc(C(=O)N(C)c2ccc(O)cc2)c1N. The summed E-state index contributed by atoms with van der Waals surface area (Å²) < 4.78 is 0. The molecule has 20 heavy (non-hydrogen) atoms. The Morgan fingerprint density at radius 1 is 1.40 bits per heavy atom. The standard InChI is InChI=1S/C14H18N4O2/c1-3-4-11-12(15)13(17-16-11)14(20)18(2)9-5-7-10(19)8-6-9/h5-8,19H,3-4,15H2,1-2H3,(H,16,17). The highest BCUT2D eigenvalue weighted by Crippen LogP contribution is 2.22. The number of hydrogen-bond donors (Lipinski definition) is 3. The number of aromatic hydroxyl groups is 1. The largest absolute Gasteiger partial charge is 0.508 e. The van der Waals surface area contributed by atoms with Gasteiger partial charge in [-0.25, -0.2) is 0 Å². The third kappa shape index (κ3) is 2.59. The second kappa shape index (κ2) is 5.64. The Kier molecular flexibility index (Phi) is 3.93. The van der Waals surface area contributed by atoms with Gasteiger partial charge in [0.25, 0.3) is 5.91 Å². The molecule has 0 aliphatic heterocycles. The van der Waals surface area contributed by atoms with Crippen molar-refractivity contribution >= 4 is 17.3 Å². The molecular formula is C14H18N4O2. The third-order valence-corrected chi connectivity index (χ3v) is 3.13. The van der Waals surface area contributed by atoms with E-state index >= 15 is 0 Å². The maximum absolute atomic E-state index is 12.4. The number of nitrogens with zero attached hydrogens (tertiary/aromatic N) is 2. The zero-order chi connectivity index (χ0) is 14.7. The van der Waals surface area contributed by atoms with Crippen molar-refractivity contribution in [2.24, 2.45) is 0 Å². The molecule has 1 aromatic carbocycles. The number of amides is 1. The van der Waals surface area contributed by atoms with Crippen LogP contribution in [0.5, 0.6) is 5.75 Å². The molecule has 0 aliphatic carbocycles. The molecule has 0 saturated carbocycles. The van der Waals surface area contributed by atoms with Gasteiger partial charge in [-0.15, -0.1) is 0 Å². The molecule has 0 atom stereocenters. The number of hydrogen-bond acceptors (Lipinski definition) is 4. The van der Waals surface area contributed by atoms with Gasteiger partial charge >= 0.3 is 0 Å². The number of nitrogen functional groups attached to an aromatic ring is 1. The van der Waals surface area contributed by atoms with Gasteiger partial charge in [0.05, 0.1) is 11.4 Å². The van der Waals surface area contributed by atoms with Crippen LogP contribution in [-0.2, 0) is 6.42 Å². The summed E-state index contributed by atoms with van der Waals surface area (Å²) in [5.74, 6) is -0.133. The highest BCUT2D eigenvalue weighted by molar-refractivity contribution is 6.07. The van der Waals surface area contributed by atoms with Crippen LogP contribution in [0.2, 0.25) is 0 Å². The predicted octanol–water partition coefficient (Wildman–Crippen LogP) is 1.93. The monoisotopic (exact) mass is 274 g/mol. The summed E-state index contributed by atoms with van der Waals surface area (Å²) in [6.07, 6.45) is 1.68. The number of phenolic OH excluding ortho intramolecular Hbond substituents is 1. The van der Waals surface area contributed by atoms with Crippen LogP contribution in [0, 0.1) is 0 Å². The molecule has 2 aromatic rings. The van der Waals surface area contributed by atoms with Crippen molar-refractivity contribution in [1.29, 1.82) is 0 Å². The van der Waals surface area contributed by atoms with Crippen molar-refractivity contribution in [1.82, 2.24) is 10.2 Å². The molecule has 106 valence electrons. The van der Waals surface area contributed by atoms with Gasteiger partial charge in [0.2, 0.25) is 0 Å². The first-order valence-electron chi connectivity index (χ1n) is 6.44. The fraction of sp³-hybridized carbons (Fsp3) is 0.286. The molecule has 0 spiro atoms. The van der Waals surface area contributed by atoms with Crippen LogP contribution in [0.15, 0.2) is 24.3 Å². The van der Waals surface area contributed by atoms with E-state index in [1.165, 1.54) is 17.0 Å². The summed E-state index contributed by atoms with van der Waals surface area (Å²) >= 11 is 0. The Morgan fingerprint density at radius 2 is 2.05 bits per heavy atom. The van der Waals surface area contributed by atoms with Gasteiger partial charge in [0.1, 0.15) is 5.75 Å². The Labute approximate surface area is 117 Å². The van der Waals surface area contributed by atoms with Crippen LogP contribution in [0.1, 0.15) is 29.5 Å².